The van der Waals surface area contributed by atoms with E-state index in [9.17, 15) is 18.3 Å². The Hall–Kier alpha value is -2.66. The van der Waals surface area contributed by atoms with E-state index in [0.717, 1.165) is 6.07 Å². The van der Waals surface area contributed by atoms with Crippen LogP contribution < -0.4 is 9.46 Å². The SMILES string of the molecule is COC(=O)c1ccc(OC)c(S(=O)(=O)NC[C@](O)(c2ccsc2)c2ccco2)c1. The zero-order valence-electron chi connectivity index (χ0n) is 15.6. The number of carbonyl (C=O) groups is 1. The van der Waals surface area contributed by atoms with Crippen LogP contribution in [0.1, 0.15) is 21.7 Å². The smallest absolute Gasteiger partial charge is 0.337 e. The topological polar surface area (TPSA) is 115 Å². The van der Waals surface area contributed by atoms with Crippen molar-refractivity contribution < 1.29 is 32.2 Å². The molecule has 29 heavy (non-hydrogen) atoms. The third-order valence-electron chi connectivity index (χ3n) is 4.32. The molecule has 0 bridgehead atoms. The van der Waals surface area contributed by atoms with Crippen LogP contribution in [0.15, 0.2) is 62.7 Å². The fraction of sp³-hybridized carbons (Fsp3) is 0.211. The first-order chi connectivity index (χ1) is 13.8. The number of rotatable bonds is 8. The van der Waals surface area contributed by atoms with E-state index in [0.29, 0.717) is 5.56 Å². The number of thiophene rings is 1. The minimum Gasteiger partial charge on any atom is -0.495 e. The highest BCUT2D eigenvalue weighted by molar-refractivity contribution is 7.89. The Morgan fingerprint density at radius 2 is 2.07 bits per heavy atom. The van der Waals surface area contributed by atoms with Gasteiger partial charge in [0, 0.05) is 5.56 Å². The highest BCUT2D eigenvalue weighted by atomic mass is 32.2. The molecule has 0 radical (unpaired) electrons. The average Bonchev–Trinajstić information content (AvgIpc) is 3.45. The van der Waals surface area contributed by atoms with E-state index < -0.39 is 28.1 Å². The molecule has 0 amide bonds. The predicted molar refractivity (Wildman–Crippen MR) is 106 cm³/mol. The van der Waals surface area contributed by atoms with E-state index in [2.05, 4.69) is 9.46 Å². The zero-order chi connectivity index (χ0) is 21.1. The predicted octanol–water partition coefficient (Wildman–Crippen LogP) is 2.35. The molecule has 0 aliphatic heterocycles. The lowest BCUT2D eigenvalue weighted by Gasteiger charge is -2.26. The number of nitrogens with one attached hydrogen (secondary N) is 1. The number of furan rings is 1. The summed E-state index contributed by atoms with van der Waals surface area (Å²) in [5.74, 6) is -0.453. The standard InChI is InChI=1S/C19H19NO7S2/c1-25-15-6-5-13(18(21)26-2)10-16(15)29(23,24)20-12-19(22,14-7-9-28-11-14)17-4-3-8-27-17/h3-11,20,22H,12H2,1-2H3/t19-/m0/s1. The Kier molecular flexibility index (Phi) is 6.08. The number of benzene rings is 1. The molecule has 154 valence electrons. The van der Waals surface area contributed by atoms with Crippen molar-refractivity contribution in [3.05, 3.63) is 70.3 Å². The molecule has 0 saturated heterocycles. The van der Waals surface area contributed by atoms with E-state index in [1.54, 1.807) is 29.0 Å². The van der Waals surface area contributed by atoms with E-state index in [1.165, 1.54) is 44.0 Å². The van der Waals surface area contributed by atoms with Crippen molar-refractivity contribution in [2.75, 3.05) is 20.8 Å². The number of ether oxygens (including phenoxy) is 2. The van der Waals surface area contributed by atoms with E-state index >= 15 is 0 Å². The molecule has 2 heterocycles. The lowest BCUT2D eigenvalue weighted by atomic mass is 9.94. The number of methoxy groups -OCH3 is 2. The van der Waals surface area contributed by atoms with Crippen LogP contribution in [0.5, 0.6) is 5.75 Å². The third kappa shape index (κ3) is 4.20. The monoisotopic (exact) mass is 437 g/mol. The van der Waals surface area contributed by atoms with Gasteiger partial charge in [-0.25, -0.2) is 17.9 Å². The molecule has 8 nitrogen and oxygen atoms in total. The molecule has 3 aromatic rings. The molecule has 3 rings (SSSR count). The lowest BCUT2D eigenvalue weighted by molar-refractivity contribution is 0.0599. The van der Waals surface area contributed by atoms with Gasteiger partial charge >= 0.3 is 5.97 Å². The summed E-state index contributed by atoms with van der Waals surface area (Å²) >= 11 is 1.36. The molecule has 0 saturated carbocycles. The Morgan fingerprint density at radius 3 is 2.66 bits per heavy atom. The summed E-state index contributed by atoms with van der Waals surface area (Å²) in [7, 11) is -1.65. The maximum Gasteiger partial charge on any atom is 0.337 e. The van der Waals surface area contributed by atoms with Crippen molar-refractivity contribution in [2.45, 2.75) is 10.5 Å². The zero-order valence-corrected chi connectivity index (χ0v) is 17.2. The van der Waals surface area contributed by atoms with Crippen LogP contribution in [-0.4, -0.2) is 40.3 Å². The minimum atomic E-state index is -4.16. The van der Waals surface area contributed by atoms with E-state index in [4.69, 9.17) is 9.15 Å². The highest BCUT2D eigenvalue weighted by Gasteiger charge is 2.37. The first-order valence-corrected chi connectivity index (χ1v) is 10.8. The summed E-state index contributed by atoms with van der Waals surface area (Å²) < 4.78 is 43.4. The van der Waals surface area contributed by atoms with Crippen molar-refractivity contribution in [3.8, 4) is 5.75 Å². The van der Waals surface area contributed by atoms with Gasteiger partial charge in [0.15, 0.2) is 5.60 Å². The first-order valence-electron chi connectivity index (χ1n) is 8.37. The number of sulfonamides is 1. The minimum absolute atomic E-state index is 0.0437. The normalized spacial score (nSPS) is 13.6. The number of carbonyl (C=O) groups excluding carboxylic acids is 1. The fourth-order valence-corrected chi connectivity index (χ4v) is 4.73. The van der Waals surface area contributed by atoms with Crippen LogP contribution in [0, 0.1) is 0 Å². The van der Waals surface area contributed by atoms with Crippen LogP contribution in [-0.2, 0) is 20.4 Å². The second kappa shape index (κ2) is 8.37. The molecule has 0 unspecified atom stereocenters. The Bertz CT molecular complexity index is 1040. The van der Waals surface area contributed by atoms with Gasteiger partial charge in [-0.2, -0.15) is 11.3 Å². The molecule has 0 aliphatic carbocycles. The van der Waals surface area contributed by atoms with Gasteiger partial charge < -0.3 is 19.0 Å². The Balaban J connectivity index is 1.96. The van der Waals surface area contributed by atoms with E-state index in [-0.39, 0.29) is 22.0 Å². The summed E-state index contributed by atoms with van der Waals surface area (Å²) in [6, 6.07) is 8.75. The van der Waals surface area contributed by atoms with Gasteiger partial charge in [-0.3, -0.25) is 0 Å². The molecular formula is C19H19NO7S2. The first kappa shape index (κ1) is 21.1. The average molecular weight is 437 g/mol. The van der Waals surface area contributed by atoms with Crippen molar-refractivity contribution in [3.63, 3.8) is 0 Å². The Labute approximate surface area is 171 Å². The van der Waals surface area contributed by atoms with Gasteiger partial charge in [0.05, 0.1) is 32.6 Å². The lowest BCUT2D eigenvalue weighted by Crippen LogP contribution is -2.41. The molecule has 10 heteroatoms. The fourth-order valence-electron chi connectivity index (χ4n) is 2.75. The van der Waals surface area contributed by atoms with Crippen LogP contribution in [0.3, 0.4) is 0 Å². The quantitative estimate of drug-likeness (QED) is 0.520. The molecule has 0 aliphatic rings. The summed E-state index contributed by atoms with van der Waals surface area (Å²) in [6.07, 6.45) is 1.39. The van der Waals surface area contributed by atoms with Crippen LogP contribution in [0.4, 0.5) is 0 Å². The van der Waals surface area contributed by atoms with Crippen LogP contribution >= 0.6 is 11.3 Å². The summed E-state index contributed by atoms with van der Waals surface area (Å²) in [5, 5.41) is 14.7. The van der Waals surface area contributed by atoms with Gasteiger partial charge in [-0.05, 0) is 47.2 Å². The van der Waals surface area contributed by atoms with Crippen molar-refractivity contribution in [1.82, 2.24) is 4.72 Å². The van der Waals surface area contributed by atoms with Gasteiger partial charge in [0.2, 0.25) is 10.0 Å². The van der Waals surface area contributed by atoms with Gasteiger partial charge in [0.1, 0.15) is 16.4 Å². The van der Waals surface area contributed by atoms with Crippen LogP contribution in [0.25, 0.3) is 0 Å². The summed E-state index contributed by atoms with van der Waals surface area (Å²) in [5.41, 5.74) is -1.19. The molecule has 2 aromatic heterocycles. The van der Waals surface area contributed by atoms with Gasteiger partial charge in [-0.1, -0.05) is 0 Å². The Morgan fingerprint density at radius 1 is 1.28 bits per heavy atom. The summed E-state index contributed by atoms with van der Waals surface area (Å²) in [4.78, 5) is 11.5. The number of aliphatic hydroxyl groups is 1. The molecule has 2 N–H and O–H groups in total. The number of esters is 1. The molecule has 1 aromatic carbocycles. The largest absolute Gasteiger partial charge is 0.495 e. The maximum atomic E-state index is 13.0. The van der Waals surface area contributed by atoms with E-state index in [1.807, 2.05) is 0 Å². The van der Waals surface area contributed by atoms with Gasteiger partial charge in [0.25, 0.3) is 0 Å². The van der Waals surface area contributed by atoms with Crippen molar-refractivity contribution in [2.24, 2.45) is 0 Å². The molecular weight excluding hydrogens is 418 g/mol. The summed E-state index contributed by atoms with van der Waals surface area (Å²) in [6.45, 7) is -0.398. The second-order valence-corrected chi connectivity index (χ2v) is 8.55. The molecule has 0 spiro atoms. The maximum absolute atomic E-state index is 13.0. The van der Waals surface area contributed by atoms with Gasteiger partial charge in [-0.15, -0.1) is 0 Å². The highest BCUT2D eigenvalue weighted by Crippen LogP contribution is 2.32. The number of hydrogen-bond acceptors (Lipinski definition) is 8. The van der Waals surface area contributed by atoms with Crippen LogP contribution in [0.2, 0.25) is 0 Å². The van der Waals surface area contributed by atoms with Crippen molar-refractivity contribution in [1.29, 1.82) is 0 Å². The molecule has 0 fully saturated rings. The second-order valence-electron chi connectivity index (χ2n) is 6.03. The van der Waals surface area contributed by atoms with Crippen molar-refractivity contribution >= 4 is 27.3 Å². The number of hydrogen-bond donors (Lipinski definition) is 2. The third-order valence-corrected chi connectivity index (χ3v) is 6.43. The molecule has 1 atom stereocenters.